The van der Waals surface area contributed by atoms with Crippen molar-refractivity contribution in [2.75, 3.05) is 0 Å². The Hall–Kier alpha value is -1.13. The highest BCUT2D eigenvalue weighted by molar-refractivity contribution is 9.10. The summed E-state index contributed by atoms with van der Waals surface area (Å²) in [6.07, 6.45) is 0. The van der Waals surface area contributed by atoms with Crippen molar-refractivity contribution in [1.82, 2.24) is 15.5 Å². The highest BCUT2D eigenvalue weighted by Crippen LogP contribution is 2.19. The summed E-state index contributed by atoms with van der Waals surface area (Å²) in [6.45, 7) is 7.10. The molecule has 3 nitrogen and oxygen atoms in total. The van der Waals surface area contributed by atoms with Crippen LogP contribution in [0.1, 0.15) is 35.5 Å². The van der Waals surface area contributed by atoms with E-state index in [0.717, 1.165) is 22.4 Å². The molecule has 0 fully saturated rings. The second-order valence-electron chi connectivity index (χ2n) is 4.57. The minimum atomic E-state index is 0.316. The zero-order chi connectivity index (χ0) is 13.1. The smallest absolute Gasteiger partial charge is 0.0638 e. The largest absolute Gasteiger partial charge is 0.306 e. The Morgan fingerprint density at radius 2 is 2.17 bits per heavy atom. The van der Waals surface area contributed by atoms with Crippen molar-refractivity contribution < 1.29 is 0 Å². The predicted molar refractivity (Wildman–Crippen MR) is 77.5 cm³/mol. The molecule has 0 unspecified atom stereocenters. The molecule has 0 bridgehead atoms. The van der Waals surface area contributed by atoms with Gasteiger partial charge in [-0.25, -0.2) is 0 Å². The first-order chi connectivity index (χ1) is 8.58. The van der Waals surface area contributed by atoms with Gasteiger partial charge < -0.3 is 5.32 Å². The first kappa shape index (κ1) is 13.3. The number of rotatable bonds is 4. The Bertz CT molecular complexity index is 514. The molecule has 0 radical (unpaired) electrons. The third-order valence-electron chi connectivity index (χ3n) is 3.21. The van der Waals surface area contributed by atoms with Crippen LogP contribution in [0.5, 0.6) is 0 Å². The van der Waals surface area contributed by atoms with Gasteiger partial charge in [-0.3, -0.25) is 5.10 Å². The van der Waals surface area contributed by atoms with E-state index in [0.29, 0.717) is 6.04 Å². The highest BCUT2D eigenvalue weighted by Gasteiger charge is 2.09. The van der Waals surface area contributed by atoms with Crippen molar-refractivity contribution in [3.8, 4) is 0 Å². The summed E-state index contributed by atoms with van der Waals surface area (Å²) in [6, 6.07) is 8.70. The van der Waals surface area contributed by atoms with Gasteiger partial charge in [-0.15, -0.1) is 0 Å². The Balaban J connectivity index is 2.02. The molecule has 2 N–H and O–H groups in total. The summed E-state index contributed by atoms with van der Waals surface area (Å²) in [4.78, 5) is 0. The quantitative estimate of drug-likeness (QED) is 0.905. The number of hydrogen-bond donors (Lipinski definition) is 2. The average Bonchev–Trinajstić information content (AvgIpc) is 2.66. The van der Waals surface area contributed by atoms with E-state index < -0.39 is 0 Å². The maximum Gasteiger partial charge on any atom is 0.0638 e. The molecule has 0 aliphatic heterocycles. The predicted octanol–water partition coefficient (Wildman–Crippen LogP) is 3.64. The lowest BCUT2D eigenvalue weighted by molar-refractivity contribution is 0.572. The number of aromatic nitrogens is 2. The van der Waals surface area contributed by atoms with Gasteiger partial charge in [0, 0.05) is 28.3 Å². The minimum Gasteiger partial charge on any atom is -0.306 e. The van der Waals surface area contributed by atoms with Crippen molar-refractivity contribution >= 4 is 15.9 Å². The van der Waals surface area contributed by atoms with E-state index in [1.54, 1.807) is 0 Å². The van der Waals surface area contributed by atoms with Crippen LogP contribution in [-0.4, -0.2) is 10.2 Å². The molecule has 18 heavy (non-hydrogen) atoms. The maximum atomic E-state index is 4.21. The summed E-state index contributed by atoms with van der Waals surface area (Å²) >= 11 is 3.50. The molecule has 0 saturated heterocycles. The average molecular weight is 308 g/mol. The van der Waals surface area contributed by atoms with Crippen LogP contribution in [-0.2, 0) is 6.54 Å². The molecule has 1 aromatic carbocycles. The van der Waals surface area contributed by atoms with E-state index >= 15 is 0 Å². The van der Waals surface area contributed by atoms with E-state index in [-0.39, 0.29) is 0 Å². The Morgan fingerprint density at radius 1 is 1.39 bits per heavy atom. The SMILES string of the molecule is Cc1n[nH]c(C)c1CN[C@H](C)c1cccc(Br)c1. The number of nitrogens with one attached hydrogen (secondary N) is 2. The lowest BCUT2D eigenvalue weighted by Gasteiger charge is -2.14. The molecule has 1 atom stereocenters. The van der Waals surface area contributed by atoms with Gasteiger partial charge in [0.1, 0.15) is 0 Å². The topological polar surface area (TPSA) is 40.7 Å². The fourth-order valence-corrected chi connectivity index (χ4v) is 2.40. The molecule has 2 rings (SSSR count). The maximum absolute atomic E-state index is 4.21. The third kappa shape index (κ3) is 3.00. The molecule has 1 heterocycles. The van der Waals surface area contributed by atoms with Crippen LogP contribution in [0.2, 0.25) is 0 Å². The Morgan fingerprint density at radius 3 is 2.78 bits per heavy atom. The van der Waals surface area contributed by atoms with E-state index in [2.05, 4.69) is 63.5 Å². The molecule has 96 valence electrons. The molecule has 0 spiro atoms. The molecule has 0 amide bonds. The molecule has 1 aromatic heterocycles. The van der Waals surface area contributed by atoms with Crippen LogP contribution < -0.4 is 5.32 Å². The zero-order valence-electron chi connectivity index (χ0n) is 10.9. The molecule has 0 saturated carbocycles. The van der Waals surface area contributed by atoms with Crippen molar-refractivity contribution in [1.29, 1.82) is 0 Å². The van der Waals surface area contributed by atoms with Gasteiger partial charge in [0.2, 0.25) is 0 Å². The van der Waals surface area contributed by atoms with Crippen molar-refractivity contribution in [2.24, 2.45) is 0 Å². The van der Waals surface area contributed by atoms with E-state index in [1.807, 2.05) is 13.0 Å². The third-order valence-corrected chi connectivity index (χ3v) is 3.71. The lowest BCUT2D eigenvalue weighted by Crippen LogP contribution is -2.18. The van der Waals surface area contributed by atoms with E-state index in [1.165, 1.54) is 11.1 Å². The number of aryl methyl sites for hydroxylation is 2. The second-order valence-corrected chi connectivity index (χ2v) is 5.49. The summed E-state index contributed by atoms with van der Waals surface area (Å²) in [7, 11) is 0. The van der Waals surface area contributed by atoms with Gasteiger partial charge in [-0.1, -0.05) is 28.1 Å². The normalized spacial score (nSPS) is 12.7. The molecule has 4 heteroatoms. The van der Waals surface area contributed by atoms with Crippen LogP contribution >= 0.6 is 15.9 Å². The van der Waals surface area contributed by atoms with Gasteiger partial charge in [-0.2, -0.15) is 5.10 Å². The standard InChI is InChI=1S/C14H18BrN3/c1-9(12-5-4-6-13(15)7-12)16-8-14-10(2)17-18-11(14)3/h4-7,9,16H,8H2,1-3H3,(H,17,18)/t9-/m1/s1. The van der Waals surface area contributed by atoms with Crippen LogP contribution in [0.3, 0.4) is 0 Å². The van der Waals surface area contributed by atoms with Crippen LogP contribution in [0, 0.1) is 13.8 Å². The first-order valence-corrected chi connectivity index (χ1v) is 6.86. The minimum absolute atomic E-state index is 0.316. The molecular weight excluding hydrogens is 290 g/mol. The van der Waals surface area contributed by atoms with E-state index in [4.69, 9.17) is 0 Å². The Labute approximate surface area is 116 Å². The summed E-state index contributed by atoms with van der Waals surface area (Å²) in [5.74, 6) is 0. The van der Waals surface area contributed by atoms with Crippen molar-refractivity contribution in [2.45, 2.75) is 33.4 Å². The molecule has 0 aliphatic carbocycles. The van der Waals surface area contributed by atoms with Crippen LogP contribution in [0.15, 0.2) is 28.7 Å². The Kier molecular flexibility index (Phi) is 4.19. The van der Waals surface area contributed by atoms with Crippen LogP contribution in [0.25, 0.3) is 0 Å². The fourth-order valence-electron chi connectivity index (χ4n) is 1.98. The number of nitrogens with zero attached hydrogens (tertiary/aromatic N) is 1. The number of halogens is 1. The van der Waals surface area contributed by atoms with Gasteiger partial charge in [0.25, 0.3) is 0 Å². The lowest BCUT2D eigenvalue weighted by atomic mass is 10.1. The number of H-pyrrole nitrogens is 1. The number of benzene rings is 1. The molecule has 0 aliphatic rings. The van der Waals surface area contributed by atoms with Gasteiger partial charge in [0.05, 0.1) is 5.69 Å². The van der Waals surface area contributed by atoms with Gasteiger partial charge in [-0.05, 0) is 38.5 Å². The van der Waals surface area contributed by atoms with Crippen molar-refractivity contribution in [3.63, 3.8) is 0 Å². The molecular formula is C14H18BrN3. The highest BCUT2D eigenvalue weighted by atomic mass is 79.9. The molecule has 2 aromatic rings. The summed E-state index contributed by atoms with van der Waals surface area (Å²) in [5.41, 5.74) is 4.75. The van der Waals surface area contributed by atoms with Crippen LogP contribution in [0.4, 0.5) is 0 Å². The monoisotopic (exact) mass is 307 g/mol. The number of hydrogen-bond acceptors (Lipinski definition) is 2. The second kappa shape index (κ2) is 5.67. The van der Waals surface area contributed by atoms with Crippen molar-refractivity contribution in [3.05, 3.63) is 51.3 Å². The fraction of sp³-hybridized carbons (Fsp3) is 0.357. The summed E-state index contributed by atoms with van der Waals surface area (Å²) < 4.78 is 1.12. The number of aromatic amines is 1. The summed E-state index contributed by atoms with van der Waals surface area (Å²) in [5, 5.41) is 10.7. The van der Waals surface area contributed by atoms with Gasteiger partial charge in [0.15, 0.2) is 0 Å². The van der Waals surface area contributed by atoms with Gasteiger partial charge >= 0.3 is 0 Å². The zero-order valence-corrected chi connectivity index (χ0v) is 12.5. The first-order valence-electron chi connectivity index (χ1n) is 6.07. The van der Waals surface area contributed by atoms with E-state index in [9.17, 15) is 0 Å².